The molecule has 21 heavy (non-hydrogen) atoms. The molecule has 1 fully saturated rings. The van der Waals surface area contributed by atoms with Crippen molar-refractivity contribution in [1.29, 1.82) is 0 Å². The van der Waals surface area contributed by atoms with Crippen molar-refractivity contribution in [2.75, 3.05) is 13.7 Å². The molecule has 1 aromatic carbocycles. The predicted octanol–water partition coefficient (Wildman–Crippen LogP) is 2.32. The minimum Gasteiger partial charge on any atom is -0.497 e. The Labute approximate surface area is 125 Å². The number of benzene rings is 1. The molecule has 0 amide bonds. The van der Waals surface area contributed by atoms with Gasteiger partial charge in [-0.1, -0.05) is 12.1 Å². The van der Waals surface area contributed by atoms with Crippen LogP contribution in [-0.4, -0.2) is 38.0 Å². The molecule has 0 radical (unpaired) electrons. The highest BCUT2D eigenvalue weighted by atomic mass is 16.8. The summed E-state index contributed by atoms with van der Waals surface area (Å²) >= 11 is 0. The Bertz CT molecular complexity index is 454. The second-order valence-electron chi connectivity index (χ2n) is 5.48. The van der Waals surface area contributed by atoms with Crippen LogP contribution >= 0.6 is 0 Å². The molecule has 0 N–H and O–H groups in total. The molecule has 1 aliphatic heterocycles. The molecular formula is C16H22O5. The Morgan fingerprint density at radius 1 is 1.19 bits per heavy atom. The molecule has 5 heteroatoms. The van der Waals surface area contributed by atoms with Crippen LogP contribution in [0.1, 0.15) is 25.8 Å². The number of hydrogen-bond acceptors (Lipinski definition) is 5. The summed E-state index contributed by atoms with van der Waals surface area (Å²) in [5.74, 6) is 0.154. The van der Waals surface area contributed by atoms with E-state index in [1.54, 1.807) is 7.11 Å². The first-order valence-electron chi connectivity index (χ1n) is 7.04. The Hall–Kier alpha value is -1.43. The lowest BCUT2D eigenvalue weighted by molar-refractivity contribution is -0.151. The minimum atomic E-state index is -0.665. The minimum absolute atomic E-state index is 0.219. The van der Waals surface area contributed by atoms with Crippen molar-refractivity contribution in [3.8, 4) is 5.75 Å². The summed E-state index contributed by atoms with van der Waals surface area (Å²) in [6, 6.07) is 7.70. The maximum absolute atomic E-state index is 10.7. The van der Waals surface area contributed by atoms with E-state index in [2.05, 4.69) is 0 Å². The van der Waals surface area contributed by atoms with Crippen molar-refractivity contribution < 1.29 is 23.7 Å². The van der Waals surface area contributed by atoms with Crippen LogP contribution in [0, 0.1) is 0 Å². The Morgan fingerprint density at radius 2 is 1.86 bits per heavy atom. The fraction of sp³-hybridized carbons (Fsp3) is 0.562. The van der Waals surface area contributed by atoms with Crippen LogP contribution in [-0.2, 0) is 25.6 Å². The first kappa shape index (κ1) is 15.9. The molecule has 0 bridgehead atoms. The molecule has 0 aliphatic carbocycles. The summed E-state index contributed by atoms with van der Waals surface area (Å²) in [5, 5.41) is 0. The van der Waals surface area contributed by atoms with Crippen molar-refractivity contribution in [3.05, 3.63) is 29.8 Å². The normalized spacial score (nSPS) is 24.0. The standard InChI is InChI=1S/C16H22O5/c1-16(2)20-14(8-9-17)15(21-16)11-19-10-12-4-6-13(18-3)7-5-12/h4-7,9,14-15H,8,10-11H2,1-3H3/t14-,15+/m1/s1. The van der Waals surface area contributed by atoms with Gasteiger partial charge < -0.3 is 23.7 Å². The van der Waals surface area contributed by atoms with Gasteiger partial charge in [-0.3, -0.25) is 0 Å². The van der Waals surface area contributed by atoms with Crippen molar-refractivity contribution in [2.24, 2.45) is 0 Å². The van der Waals surface area contributed by atoms with Crippen molar-refractivity contribution in [2.45, 2.75) is 44.9 Å². The van der Waals surface area contributed by atoms with E-state index >= 15 is 0 Å². The third kappa shape index (κ3) is 4.52. The summed E-state index contributed by atoms with van der Waals surface area (Å²) in [4.78, 5) is 10.7. The van der Waals surface area contributed by atoms with Gasteiger partial charge in [0.05, 0.1) is 26.4 Å². The maximum Gasteiger partial charge on any atom is 0.163 e. The zero-order valence-corrected chi connectivity index (χ0v) is 12.7. The lowest BCUT2D eigenvalue weighted by Gasteiger charge is -2.17. The third-order valence-corrected chi connectivity index (χ3v) is 3.32. The maximum atomic E-state index is 10.7. The Morgan fingerprint density at radius 3 is 2.48 bits per heavy atom. The third-order valence-electron chi connectivity index (χ3n) is 3.32. The number of carbonyl (C=O) groups excluding carboxylic acids is 1. The van der Waals surface area contributed by atoms with Crippen molar-refractivity contribution >= 4 is 6.29 Å². The first-order valence-corrected chi connectivity index (χ1v) is 7.04. The molecule has 1 aromatic rings. The van der Waals surface area contributed by atoms with Crippen LogP contribution in [0.15, 0.2) is 24.3 Å². The summed E-state index contributed by atoms with van der Waals surface area (Å²) in [5.41, 5.74) is 1.06. The van der Waals surface area contributed by atoms with Crippen LogP contribution in [0.25, 0.3) is 0 Å². The molecule has 5 nitrogen and oxygen atoms in total. The van der Waals surface area contributed by atoms with Gasteiger partial charge in [-0.25, -0.2) is 0 Å². The highest BCUT2D eigenvalue weighted by Crippen LogP contribution is 2.29. The molecular weight excluding hydrogens is 272 g/mol. The van der Waals surface area contributed by atoms with E-state index in [4.69, 9.17) is 18.9 Å². The van der Waals surface area contributed by atoms with Gasteiger partial charge in [0.1, 0.15) is 18.1 Å². The van der Waals surface area contributed by atoms with Crippen LogP contribution in [0.3, 0.4) is 0 Å². The molecule has 0 unspecified atom stereocenters. The van der Waals surface area contributed by atoms with Gasteiger partial charge in [0.25, 0.3) is 0 Å². The molecule has 0 spiro atoms. The number of hydrogen-bond donors (Lipinski definition) is 0. The van der Waals surface area contributed by atoms with Crippen LogP contribution in [0.4, 0.5) is 0 Å². The fourth-order valence-corrected chi connectivity index (χ4v) is 2.36. The van der Waals surface area contributed by atoms with Crippen LogP contribution in [0.5, 0.6) is 5.75 Å². The van der Waals surface area contributed by atoms with Gasteiger partial charge in [0.2, 0.25) is 0 Å². The fourth-order valence-electron chi connectivity index (χ4n) is 2.36. The zero-order valence-electron chi connectivity index (χ0n) is 12.7. The number of ether oxygens (including phenoxy) is 4. The topological polar surface area (TPSA) is 54.0 Å². The van der Waals surface area contributed by atoms with E-state index < -0.39 is 5.79 Å². The molecule has 1 aliphatic rings. The van der Waals surface area contributed by atoms with Gasteiger partial charge in [-0.2, -0.15) is 0 Å². The predicted molar refractivity (Wildman–Crippen MR) is 77.2 cm³/mol. The Kier molecular flexibility index (Phi) is 5.33. The molecule has 2 rings (SSSR count). The molecule has 1 heterocycles. The highest BCUT2D eigenvalue weighted by molar-refractivity contribution is 5.50. The van der Waals surface area contributed by atoms with Gasteiger partial charge >= 0.3 is 0 Å². The van der Waals surface area contributed by atoms with E-state index in [9.17, 15) is 4.79 Å². The quantitative estimate of drug-likeness (QED) is 0.722. The zero-order chi connectivity index (χ0) is 15.3. The van der Waals surface area contributed by atoms with E-state index in [0.717, 1.165) is 17.6 Å². The second kappa shape index (κ2) is 7.02. The summed E-state index contributed by atoms with van der Waals surface area (Å²) in [7, 11) is 1.64. The average Bonchev–Trinajstić information content (AvgIpc) is 2.74. The van der Waals surface area contributed by atoms with Crippen molar-refractivity contribution in [3.63, 3.8) is 0 Å². The first-order chi connectivity index (χ1) is 10.0. The smallest absolute Gasteiger partial charge is 0.163 e. The lowest BCUT2D eigenvalue weighted by Crippen LogP contribution is -2.28. The van der Waals surface area contributed by atoms with Crippen molar-refractivity contribution in [1.82, 2.24) is 0 Å². The average molecular weight is 294 g/mol. The molecule has 2 atom stereocenters. The number of methoxy groups -OCH3 is 1. The molecule has 0 saturated carbocycles. The van der Waals surface area contributed by atoms with E-state index in [0.29, 0.717) is 19.6 Å². The van der Waals surface area contributed by atoms with Gasteiger partial charge in [0.15, 0.2) is 5.79 Å². The number of carbonyl (C=O) groups is 1. The van der Waals surface area contributed by atoms with Gasteiger partial charge in [-0.15, -0.1) is 0 Å². The number of rotatable bonds is 7. The summed E-state index contributed by atoms with van der Waals surface area (Å²) in [6.45, 7) is 4.56. The monoisotopic (exact) mass is 294 g/mol. The Balaban J connectivity index is 1.82. The van der Waals surface area contributed by atoms with Gasteiger partial charge in [0, 0.05) is 6.42 Å². The lowest BCUT2D eigenvalue weighted by atomic mass is 10.1. The second-order valence-corrected chi connectivity index (χ2v) is 5.48. The van der Waals surface area contributed by atoms with Crippen LogP contribution in [0.2, 0.25) is 0 Å². The van der Waals surface area contributed by atoms with E-state index in [1.165, 1.54) is 0 Å². The largest absolute Gasteiger partial charge is 0.497 e. The number of aldehydes is 1. The highest BCUT2D eigenvalue weighted by Gasteiger charge is 2.40. The summed E-state index contributed by atoms with van der Waals surface area (Å²) in [6.07, 6.45) is 0.711. The SMILES string of the molecule is COc1ccc(COC[C@@H]2OC(C)(C)O[C@@H]2CC=O)cc1. The molecule has 1 saturated heterocycles. The van der Waals surface area contributed by atoms with E-state index in [-0.39, 0.29) is 12.2 Å². The van der Waals surface area contributed by atoms with Gasteiger partial charge in [-0.05, 0) is 31.5 Å². The molecule has 0 aromatic heterocycles. The van der Waals surface area contributed by atoms with Crippen LogP contribution < -0.4 is 4.74 Å². The summed E-state index contributed by atoms with van der Waals surface area (Å²) < 4.78 is 22.2. The molecule has 116 valence electrons. The van der Waals surface area contributed by atoms with E-state index in [1.807, 2.05) is 38.1 Å².